The lowest BCUT2D eigenvalue weighted by Gasteiger charge is -2.17. The summed E-state index contributed by atoms with van der Waals surface area (Å²) in [5.41, 5.74) is 1.78. The number of urea groups is 1. The third-order valence-electron chi connectivity index (χ3n) is 3.40. The molecule has 0 spiro atoms. The summed E-state index contributed by atoms with van der Waals surface area (Å²) in [6.45, 7) is 3.08. The molecule has 1 unspecified atom stereocenters. The monoisotopic (exact) mass is 262 g/mol. The standard InChI is InChI=1S/C14H18N2O3/c1-10(13(17)18)8-11-4-3-5-12(9-11)16-7-6-15(2)14(16)19/h3-5,9-10H,6-8H2,1-2H3,(H,17,18). The molecule has 2 rings (SSSR count). The van der Waals surface area contributed by atoms with E-state index in [1.807, 2.05) is 24.3 Å². The molecule has 1 saturated heterocycles. The van der Waals surface area contributed by atoms with Crippen molar-refractivity contribution in [3.63, 3.8) is 0 Å². The summed E-state index contributed by atoms with van der Waals surface area (Å²) in [6.07, 6.45) is 0.473. The van der Waals surface area contributed by atoms with Gasteiger partial charge in [0.15, 0.2) is 0 Å². The van der Waals surface area contributed by atoms with Crippen LogP contribution in [-0.2, 0) is 11.2 Å². The van der Waals surface area contributed by atoms with Crippen LogP contribution in [0.15, 0.2) is 24.3 Å². The third-order valence-corrected chi connectivity index (χ3v) is 3.40. The SMILES string of the molecule is CC(Cc1cccc(N2CCN(C)C2=O)c1)C(=O)O. The summed E-state index contributed by atoms with van der Waals surface area (Å²) >= 11 is 0. The van der Waals surface area contributed by atoms with E-state index in [9.17, 15) is 9.59 Å². The number of rotatable bonds is 4. The van der Waals surface area contributed by atoms with E-state index >= 15 is 0 Å². The van der Waals surface area contributed by atoms with Crippen LogP contribution >= 0.6 is 0 Å². The van der Waals surface area contributed by atoms with Crippen molar-refractivity contribution < 1.29 is 14.7 Å². The number of amides is 2. The lowest BCUT2D eigenvalue weighted by molar-refractivity contribution is -0.141. The van der Waals surface area contributed by atoms with Crippen molar-refractivity contribution in [3.05, 3.63) is 29.8 Å². The van der Waals surface area contributed by atoms with Crippen molar-refractivity contribution in [1.29, 1.82) is 0 Å². The second-order valence-corrected chi connectivity index (χ2v) is 4.97. The Balaban J connectivity index is 2.16. The second-order valence-electron chi connectivity index (χ2n) is 4.97. The first-order chi connectivity index (χ1) is 8.99. The number of carbonyl (C=O) groups excluding carboxylic acids is 1. The first kappa shape index (κ1) is 13.4. The summed E-state index contributed by atoms with van der Waals surface area (Å²) < 4.78 is 0. The van der Waals surface area contributed by atoms with E-state index in [1.165, 1.54) is 0 Å². The van der Waals surface area contributed by atoms with Gasteiger partial charge in [-0.05, 0) is 24.1 Å². The molecule has 0 saturated carbocycles. The Morgan fingerprint density at radius 2 is 2.16 bits per heavy atom. The first-order valence-electron chi connectivity index (χ1n) is 6.33. The van der Waals surface area contributed by atoms with Gasteiger partial charge in [0.2, 0.25) is 0 Å². The molecule has 102 valence electrons. The number of aliphatic carboxylic acids is 1. The molecule has 2 amide bonds. The highest BCUT2D eigenvalue weighted by atomic mass is 16.4. The van der Waals surface area contributed by atoms with Gasteiger partial charge in [-0.3, -0.25) is 9.69 Å². The largest absolute Gasteiger partial charge is 0.481 e. The highest BCUT2D eigenvalue weighted by Gasteiger charge is 2.26. The summed E-state index contributed by atoms with van der Waals surface area (Å²) in [7, 11) is 1.78. The van der Waals surface area contributed by atoms with E-state index in [0.717, 1.165) is 11.3 Å². The number of likely N-dealkylation sites (N-methyl/N-ethyl adjacent to an activating group) is 1. The molecule has 1 aromatic rings. The Labute approximate surface area is 112 Å². The molecule has 19 heavy (non-hydrogen) atoms. The van der Waals surface area contributed by atoms with Crippen molar-refractivity contribution in [2.45, 2.75) is 13.3 Å². The van der Waals surface area contributed by atoms with E-state index in [1.54, 1.807) is 23.8 Å². The maximum Gasteiger partial charge on any atom is 0.324 e. The lowest BCUT2D eigenvalue weighted by Crippen LogP contribution is -2.29. The van der Waals surface area contributed by atoms with Gasteiger partial charge in [-0.25, -0.2) is 4.79 Å². The fourth-order valence-corrected chi connectivity index (χ4v) is 2.18. The molecule has 0 bridgehead atoms. The molecule has 1 heterocycles. The number of carboxylic acid groups (broad SMARTS) is 1. The van der Waals surface area contributed by atoms with E-state index in [4.69, 9.17) is 5.11 Å². The zero-order valence-corrected chi connectivity index (χ0v) is 11.2. The molecule has 5 nitrogen and oxygen atoms in total. The van der Waals surface area contributed by atoms with Gasteiger partial charge in [0.1, 0.15) is 0 Å². The Morgan fingerprint density at radius 1 is 1.42 bits per heavy atom. The molecule has 1 N–H and O–H groups in total. The summed E-state index contributed by atoms with van der Waals surface area (Å²) in [5, 5.41) is 8.93. The van der Waals surface area contributed by atoms with Crippen molar-refractivity contribution in [2.24, 2.45) is 5.92 Å². The highest BCUT2D eigenvalue weighted by molar-refractivity contribution is 5.94. The van der Waals surface area contributed by atoms with Gasteiger partial charge in [0, 0.05) is 25.8 Å². The highest BCUT2D eigenvalue weighted by Crippen LogP contribution is 2.22. The number of hydrogen-bond donors (Lipinski definition) is 1. The van der Waals surface area contributed by atoms with Crippen LogP contribution in [0.4, 0.5) is 10.5 Å². The second kappa shape index (κ2) is 5.30. The molecule has 0 aliphatic carbocycles. The van der Waals surface area contributed by atoms with E-state index in [-0.39, 0.29) is 6.03 Å². The molecule has 5 heteroatoms. The Hall–Kier alpha value is -2.04. The maximum absolute atomic E-state index is 11.9. The van der Waals surface area contributed by atoms with Gasteiger partial charge in [0.05, 0.1) is 5.92 Å². The third kappa shape index (κ3) is 2.86. The van der Waals surface area contributed by atoms with Gasteiger partial charge < -0.3 is 10.0 Å². The number of benzene rings is 1. The van der Waals surface area contributed by atoms with Gasteiger partial charge in [-0.15, -0.1) is 0 Å². The quantitative estimate of drug-likeness (QED) is 0.900. The van der Waals surface area contributed by atoms with Crippen LogP contribution in [0, 0.1) is 5.92 Å². The average molecular weight is 262 g/mol. The number of anilines is 1. The summed E-state index contributed by atoms with van der Waals surface area (Å²) in [4.78, 5) is 26.2. The molecule has 0 radical (unpaired) electrons. The van der Waals surface area contributed by atoms with Crippen LogP contribution in [0.3, 0.4) is 0 Å². The fraction of sp³-hybridized carbons (Fsp3) is 0.429. The number of hydrogen-bond acceptors (Lipinski definition) is 2. The zero-order chi connectivity index (χ0) is 14.0. The predicted molar refractivity (Wildman–Crippen MR) is 72.3 cm³/mol. The number of nitrogens with zero attached hydrogens (tertiary/aromatic N) is 2. The van der Waals surface area contributed by atoms with Crippen LogP contribution in [-0.4, -0.2) is 42.1 Å². The van der Waals surface area contributed by atoms with Crippen LogP contribution in [0.25, 0.3) is 0 Å². The molecule has 1 aliphatic rings. The Morgan fingerprint density at radius 3 is 2.74 bits per heavy atom. The van der Waals surface area contributed by atoms with Gasteiger partial charge in [-0.2, -0.15) is 0 Å². The maximum atomic E-state index is 11.9. The summed E-state index contributed by atoms with van der Waals surface area (Å²) in [6, 6.07) is 7.53. The fourth-order valence-electron chi connectivity index (χ4n) is 2.18. The van der Waals surface area contributed by atoms with Gasteiger partial charge in [-0.1, -0.05) is 19.1 Å². The van der Waals surface area contributed by atoms with Crippen LogP contribution in [0.2, 0.25) is 0 Å². The molecule has 1 aliphatic heterocycles. The van der Waals surface area contributed by atoms with Crippen molar-refractivity contribution in [2.75, 3.05) is 25.0 Å². The molecular formula is C14H18N2O3. The minimum absolute atomic E-state index is 0.0107. The Kier molecular flexibility index (Phi) is 3.74. The number of carbonyl (C=O) groups is 2. The minimum atomic E-state index is -0.803. The molecule has 1 aromatic carbocycles. The lowest BCUT2D eigenvalue weighted by atomic mass is 10.0. The number of carboxylic acids is 1. The predicted octanol–water partition coefficient (Wildman–Crippen LogP) is 1.82. The molecule has 1 atom stereocenters. The Bertz CT molecular complexity index is 501. The van der Waals surface area contributed by atoms with E-state index in [0.29, 0.717) is 19.5 Å². The van der Waals surface area contributed by atoms with Crippen molar-refractivity contribution >= 4 is 17.7 Å². The van der Waals surface area contributed by atoms with E-state index < -0.39 is 11.9 Å². The van der Waals surface area contributed by atoms with Crippen molar-refractivity contribution in [3.8, 4) is 0 Å². The first-order valence-corrected chi connectivity index (χ1v) is 6.33. The molecule has 0 aromatic heterocycles. The normalized spacial score (nSPS) is 16.8. The molecule has 1 fully saturated rings. The smallest absolute Gasteiger partial charge is 0.324 e. The van der Waals surface area contributed by atoms with Crippen LogP contribution < -0.4 is 4.90 Å². The van der Waals surface area contributed by atoms with Gasteiger partial charge in [0.25, 0.3) is 0 Å². The zero-order valence-electron chi connectivity index (χ0n) is 11.2. The topological polar surface area (TPSA) is 60.9 Å². The van der Waals surface area contributed by atoms with E-state index in [2.05, 4.69) is 0 Å². The van der Waals surface area contributed by atoms with Crippen molar-refractivity contribution in [1.82, 2.24) is 4.90 Å². The van der Waals surface area contributed by atoms with Crippen LogP contribution in [0.5, 0.6) is 0 Å². The van der Waals surface area contributed by atoms with Crippen LogP contribution in [0.1, 0.15) is 12.5 Å². The van der Waals surface area contributed by atoms with Gasteiger partial charge >= 0.3 is 12.0 Å². The molecular weight excluding hydrogens is 244 g/mol. The minimum Gasteiger partial charge on any atom is -0.481 e. The average Bonchev–Trinajstić information content (AvgIpc) is 2.70. The summed E-state index contributed by atoms with van der Waals surface area (Å²) in [5.74, 6) is -1.23.